The van der Waals surface area contributed by atoms with Crippen LogP contribution in [-0.2, 0) is 6.54 Å². The van der Waals surface area contributed by atoms with E-state index in [1.807, 2.05) is 53.2 Å². The summed E-state index contributed by atoms with van der Waals surface area (Å²) in [6.07, 6.45) is 3.93. The van der Waals surface area contributed by atoms with Gasteiger partial charge in [0.25, 0.3) is 5.91 Å². The van der Waals surface area contributed by atoms with E-state index in [0.717, 1.165) is 29.8 Å². The third-order valence-electron chi connectivity index (χ3n) is 5.34. The van der Waals surface area contributed by atoms with Crippen molar-refractivity contribution in [3.63, 3.8) is 0 Å². The number of benzene rings is 3. The van der Waals surface area contributed by atoms with Gasteiger partial charge in [-0.2, -0.15) is 5.10 Å². The summed E-state index contributed by atoms with van der Waals surface area (Å²) < 4.78 is 1.92. The zero-order chi connectivity index (χ0) is 18.9. The van der Waals surface area contributed by atoms with Crippen molar-refractivity contribution in [1.29, 1.82) is 0 Å². The maximum atomic E-state index is 13.0. The largest absolute Gasteiger partial charge is 0.348 e. The number of nitrogens with zero attached hydrogens (tertiary/aromatic N) is 2. The van der Waals surface area contributed by atoms with E-state index in [4.69, 9.17) is 0 Å². The van der Waals surface area contributed by atoms with E-state index in [-0.39, 0.29) is 5.91 Å². The number of fused-ring (bicyclic) bond motifs is 1. The molecule has 1 aliphatic rings. The molecule has 0 spiro atoms. The first-order chi connectivity index (χ1) is 13.8. The smallest absolute Gasteiger partial charge is 0.255 e. The van der Waals surface area contributed by atoms with E-state index >= 15 is 0 Å². The van der Waals surface area contributed by atoms with Crippen LogP contribution in [0.1, 0.15) is 40.4 Å². The summed E-state index contributed by atoms with van der Waals surface area (Å²) >= 11 is 0. The summed E-state index contributed by atoms with van der Waals surface area (Å²) in [5.74, 6) is 0.359. The van der Waals surface area contributed by atoms with E-state index in [0.29, 0.717) is 18.0 Å². The number of rotatable bonds is 5. The number of para-hydroxylation sites is 1. The maximum absolute atomic E-state index is 13.0. The third-order valence-corrected chi connectivity index (χ3v) is 5.34. The van der Waals surface area contributed by atoms with E-state index in [2.05, 4.69) is 34.7 Å². The van der Waals surface area contributed by atoms with Gasteiger partial charge < -0.3 is 5.32 Å². The third kappa shape index (κ3) is 3.07. The predicted molar refractivity (Wildman–Crippen MR) is 111 cm³/mol. The molecule has 1 heterocycles. The quantitative estimate of drug-likeness (QED) is 0.549. The summed E-state index contributed by atoms with van der Waals surface area (Å²) in [5.41, 5.74) is 3.83. The van der Waals surface area contributed by atoms with Gasteiger partial charge >= 0.3 is 0 Å². The Kier molecular flexibility index (Phi) is 4.17. The lowest BCUT2D eigenvalue weighted by molar-refractivity contribution is 0.0950. The van der Waals surface area contributed by atoms with Gasteiger partial charge in [0.1, 0.15) is 0 Å². The summed E-state index contributed by atoms with van der Waals surface area (Å²) in [6, 6.07) is 24.5. The summed E-state index contributed by atoms with van der Waals surface area (Å²) in [7, 11) is 0. The first kappa shape index (κ1) is 16.8. The van der Waals surface area contributed by atoms with Gasteiger partial charge in [0.2, 0.25) is 0 Å². The van der Waals surface area contributed by atoms with Gasteiger partial charge in [-0.25, -0.2) is 4.68 Å². The Hall–Kier alpha value is -3.40. The molecule has 0 unspecified atom stereocenters. The van der Waals surface area contributed by atoms with Gasteiger partial charge in [0.15, 0.2) is 0 Å². The minimum atomic E-state index is -0.0583. The fraction of sp³-hybridized carbons (Fsp3) is 0.167. The van der Waals surface area contributed by atoms with Crippen LogP contribution >= 0.6 is 0 Å². The molecular formula is C24H21N3O. The zero-order valence-electron chi connectivity index (χ0n) is 15.5. The first-order valence-electron chi connectivity index (χ1n) is 9.69. The van der Waals surface area contributed by atoms with Gasteiger partial charge in [0, 0.05) is 12.5 Å². The number of carbonyl (C=O) groups is 1. The van der Waals surface area contributed by atoms with Crippen molar-refractivity contribution in [1.82, 2.24) is 15.1 Å². The molecule has 0 atom stereocenters. The number of aromatic nitrogens is 2. The summed E-state index contributed by atoms with van der Waals surface area (Å²) in [6.45, 7) is 0.501. The predicted octanol–water partition coefficient (Wildman–Crippen LogP) is 4.83. The van der Waals surface area contributed by atoms with Crippen molar-refractivity contribution in [2.75, 3.05) is 0 Å². The maximum Gasteiger partial charge on any atom is 0.255 e. The Bertz CT molecular complexity index is 1140. The Morgan fingerprint density at radius 3 is 2.54 bits per heavy atom. The molecule has 1 saturated carbocycles. The van der Waals surface area contributed by atoms with Gasteiger partial charge in [-0.15, -0.1) is 0 Å². The van der Waals surface area contributed by atoms with Crippen molar-refractivity contribution in [2.24, 2.45) is 0 Å². The standard InChI is InChI=1S/C24H21N3O/c28-24(25-15-19-9-6-8-17-7-4-5-12-21(17)19)22-16-26-27(23(22)18-13-14-18)20-10-2-1-3-11-20/h1-12,16,18H,13-15H2,(H,25,28). The summed E-state index contributed by atoms with van der Waals surface area (Å²) in [5, 5.41) is 9.99. The van der Waals surface area contributed by atoms with Crippen LogP contribution in [0.3, 0.4) is 0 Å². The fourth-order valence-corrected chi connectivity index (χ4v) is 3.77. The van der Waals surface area contributed by atoms with Crippen molar-refractivity contribution in [3.8, 4) is 5.69 Å². The van der Waals surface area contributed by atoms with Crippen molar-refractivity contribution in [2.45, 2.75) is 25.3 Å². The molecule has 0 radical (unpaired) electrons. The number of hydrogen-bond acceptors (Lipinski definition) is 2. The SMILES string of the molecule is O=C(NCc1cccc2ccccc12)c1cnn(-c2ccccc2)c1C1CC1. The number of hydrogen-bond donors (Lipinski definition) is 1. The van der Waals surface area contributed by atoms with Gasteiger partial charge in [0.05, 0.1) is 23.1 Å². The average molecular weight is 367 g/mol. The molecule has 28 heavy (non-hydrogen) atoms. The molecule has 0 aliphatic heterocycles. The lowest BCUT2D eigenvalue weighted by Gasteiger charge is -2.10. The second-order valence-corrected chi connectivity index (χ2v) is 7.29. The number of carbonyl (C=O) groups excluding carboxylic acids is 1. The van der Waals surface area contributed by atoms with Crippen LogP contribution in [-0.4, -0.2) is 15.7 Å². The van der Waals surface area contributed by atoms with Crippen LogP contribution in [0.15, 0.2) is 79.0 Å². The Labute approximate surface area is 163 Å². The van der Waals surface area contributed by atoms with E-state index < -0.39 is 0 Å². The molecule has 4 heteroatoms. The van der Waals surface area contributed by atoms with Crippen molar-refractivity contribution >= 4 is 16.7 Å². The topological polar surface area (TPSA) is 46.9 Å². The Morgan fingerprint density at radius 1 is 0.964 bits per heavy atom. The highest BCUT2D eigenvalue weighted by atomic mass is 16.1. The van der Waals surface area contributed by atoms with Crippen LogP contribution in [0.5, 0.6) is 0 Å². The van der Waals surface area contributed by atoms with E-state index in [9.17, 15) is 4.79 Å². The second-order valence-electron chi connectivity index (χ2n) is 7.29. The minimum absolute atomic E-state index is 0.0583. The molecule has 0 saturated heterocycles. The highest BCUT2D eigenvalue weighted by molar-refractivity contribution is 5.96. The molecule has 1 amide bonds. The van der Waals surface area contributed by atoms with Gasteiger partial charge in [-0.1, -0.05) is 60.7 Å². The molecule has 0 bridgehead atoms. The molecular weight excluding hydrogens is 346 g/mol. The zero-order valence-corrected chi connectivity index (χ0v) is 15.5. The van der Waals surface area contributed by atoms with Crippen LogP contribution in [0.4, 0.5) is 0 Å². The molecule has 138 valence electrons. The summed E-state index contributed by atoms with van der Waals surface area (Å²) in [4.78, 5) is 13.0. The lowest BCUT2D eigenvalue weighted by atomic mass is 10.0. The fourth-order valence-electron chi connectivity index (χ4n) is 3.77. The monoisotopic (exact) mass is 367 g/mol. The second kappa shape index (κ2) is 6.97. The molecule has 1 aromatic heterocycles. The van der Waals surface area contributed by atoms with Crippen LogP contribution in [0.2, 0.25) is 0 Å². The normalized spacial score (nSPS) is 13.6. The highest BCUT2D eigenvalue weighted by Gasteiger charge is 2.32. The molecule has 3 aromatic carbocycles. The van der Waals surface area contributed by atoms with Crippen LogP contribution < -0.4 is 5.32 Å². The lowest BCUT2D eigenvalue weighted by Crippen LogP contribution is -2.24. The molecule has 1 N–H and O–H groups in total. The first-order valence-corrected chi connectivity index (χ1v) is 9.69. The molecule has 5 rings (SSSR count). The van der Waals surface area contributed by atoms with Crippen molar-refractivity contribution < 1.29 is 4.79 Å². The Balaban J connectivity index is 1.42. The molecule has 1 fully saturated rings. The molecule has 4 aromatic rings. The molecule has 1 aliphatic carbocycles. The van der Waals surface area contributed by atoms with E-state index in [1.54, 1.807) is 6.20 Å². The van der Waals surface area contributed by atoms with Crippen molar-refractivity contribution in [3.05, 3.63) is 95.8 Å². The molecule has 4 nitrogen and oxygen atoms in total. The van der Waals surface area contributed by atoms with Crippen LogP contribution in [0.25, 0.3) is 16.5 Å². The highest BCUT2D eigenvalue weighted by Crippen LogP contribution is 2.42. The van der Waals surface area contributed by atoms with Crippen LogP contribution in [0, 0.1) is 0 Å². The number of nitrogens with one attached hydrogen (secondary N) is 1. The number of amides is 1. The van der Waals surface area contributed by atoms with Gasteiger partial charge in [-0.05, 0) is 41.3 Å². The van der Waals surface area contributed by atoms with E-state index in [1.165, 1.54) is 10.8 Å². The van der Waals surface area contributed by atoms with Gasteiger partial charge in [-0.3, -0.25) is 4.79 Å². The Morgan fingerprint density at radius 2 is 1.71 bits per heavy atom. The minimum Gasteiger partial charge on any atom is -0.348 e. The average Bonchev–Trinajstić information content (AvgIpc) is 3.50.